The SMILES string of the molecule is CCCCn1nc(C(=O)NNC(=O)Cc2ccc(Cl)cc2)ccc1=O. The second kappa shape index (κ2) is 8.98. The van der Waals surface area contributed by atoms with Gasteiger partial charge in [-0.3, -0.25) is 25.2 Å². The van der Waals surface area contributed by atoms with E-state index in [-0.39, 0.29) is 23.6 Å². The smallest absolute Gasteiger partial charge is 0.273 e. The maximum atomic E-state index is 12.1. The van der Waals surface area contributed by atoms with E-state index in [0.29, 0.717) is 11.6 Å². The van der Waals surface area contributed by atoms with Crippen LogP contribution in [0.1, 0.15) is 35.8 Å². The molecule has 0 bridgehead atoms. The van der Waals surface area contributed by atoms with Crippen LogP contribution in [0.5, 0.6) is 0 Å². The summed E-state index contributed by atoms with van der Waals surface area (Å²) in [6, 6.07) is 9.45. The molecule has 0 saturated carbocycles. The third kappa shape index (κ3) is 5.72. The van der Waals surface area contributed by atoms with E-state index >= 15 is 0 Å². The summed E-state index contributed by atoms with van der Waals surface area (Å²) in [4.78, 5) is 35.6. The van der Waals surface area contributed by atoms with Crippen LogP contribution in [0.25, 0.3) is 0 Å². The molecule has 0 unspecified atom stereocenters. The van der Waals surface area contributed by atoms with Gasteiger partial charge < -0.3 is 0 Å². The Morgan fingerprint density at radius 1 is 1.12 bits per heavy atom. The summed E-state index contributed by atoms with van der Waals surface area (Å²) in [7, 11) is 0. The van der Waals surface area contributed by atoms with E-state index in [2.05, 4.69) is 16.0 Å². The molecule has 2 rings (SSSR count). The Morgan fingerprint density at radius 3 is 2.52 bits per heavy atom. The summed E-state index contributed by atoms with van der Waals surface area (Å²) in [5.74, 6) is -0.968. The molecule has 2 amide bonds. The number of carbonyl (C=O) groups excluding carboxylic acids is 2. The minimum atomic E-state index is -0.588. The fraction of sp³-hybridized carbons (Fsp3) is 0.294. The van der Waals surface area contributed by atoms with Crippen LogP contribution in [0.3, 0.4) is 0 Å². The molecule has 25 heavy (non-hydrogen) atoms. The number of aromatic nitrogens is 2. The fourth-order valence-electron chi connectivity index (χ4n) is 2.06. The number of benzene rings is 1. The molecule has 1 heterocycles. The summed E-state index contributed by atoms with van der Waals surface area (Å²) < 4.78 is 1.24. The Morgan fingerprint density at radius 2 is 1.84 bits per heavy atom. The third-order valence-electron chi connectivity index (χ3n) is 3.42. The number of halogens is 1. The molecule has 0 aliphatic carbocycles. The molecule has 7 nitrogen and oxygen atoms in total. The zero-order valence-electron chi connectivity index (χ0n) is 13.8. The lowest BCUT2D eigenvalue weighted by Crippen LogP contribution is -2.43. The zero-order valence-corrected chi connectivity index (χ0v) is 14.5. The molecule has 0 radical (unpaired) electrons. The molecule has 0 aliphatic rings. The number of hydrogen-bond donors (Lipinski definition) is 2. The highest BCUT2D eigenvalue weighted by Crippen LogP contribution is 2.09. The van der Waals surface area contributed by atoms with Crippen molar-refractivity contribution in [1.29, 1.82) is 0 Å². The first kappa shape index (κ1) is 18.7. The molecular weight excluding hydrogens is 344 g/mol. The van der Waals surface area contributed by atoms with Crippen LogP contribution in [-0.2, 0) is 17.8 Å². The molecule has 0 aliphatic heterocycles. The average Bonchev–Trinajstić information content (AvgIpc) is 2.61. The Balaban J connectivity index is 1.92. The van der Waals surface area contributed by atoms with E-state index < -0.39 is 5.91 Å². The van der Waals surface area contributed by atoms with Crippen molar-refractivity contribution >= 4 is 23.4 Å². The Hall–Kier alpha value is -2.67. The van der Waals surface area contributed by atoms with E-state index in [1.807, 2.05) is 6.92 Å². The van der Waals surface area contributed by atoms with E-state index in [4.69, 9.17) is 11.6 Å². The number of aryl methyl sites for hydroxylation is 1. The van der Waals surface area contributed by atoms with Crippen LogP contribution in [-0.4, -0.2) is 21.6 Å². The van der Waals surface area contributed by atoms with Gasteiger partial charge in [-0.2, -0.15) is 5.10 Å². The van der Waals surface area contributed by atoms with Crippen molar-refractivity contribution in [2.24, 2.45) is 0 Å². The fourth-order valence-corrected chi connectivity index (χ4v) is 2.19. The summed E-state index contributed by atoms with van der Waals surface area (Å²) in [5.41, 5.74) is 5.17. The Bertz CT molecular complexity index is 802. The van der Waals surface area contributed by atoms with Crippen molar-refractivity contribution in [2.45, 2.75) is 32.7 Å². The molecule has 1 aromatic carbocycles. The van der Waals surface area contributed by atoms with Gasteiger partial charge in [0.15, 0.2) is 5.69 Å². The van der Waals surface area contributed by atoms with E-state index in [9.17, 15) is 14.4 Å². The molecule has 0 fully saturated rings. The normalized spacial score (nSPS) is 10.3. The molecule has 132 valence electrons. The topological polar surface area (TPSA) is 93.1 Å². The standard InChI is InChI=1S/C17H19ClN4O3/c1-2-3-10-22-16(24)9-8-14(21-22)17(25)20-19-15(23)11-12-4-6-13(18)7-5-12/h4-9H,2-3,10-11H2,1H3,(H,19,23)(H,20,25). The van der Waals surface area contributed by atoms with Crippen LogP contribution >= 0.6 is 11.6 Å². The quantitative estimate of drug-likeness (QED) is 0.765. The number of unbranched alkanes of at least 4 members (excludes halogenated alkanes) is 1. The van der Waals surface area contributed by atoms with Gasteiger partial charge in [-0.25, -0.2) is 4.68 Å². The van der Waals surface area contributed by atoms with Gasteiger partial charge in [0, 0.05) is 17.6 Å². The van der Waals surface area contributed by atoms with E-state index in [0.717, 1.165) is 18.4 Å². The second-order valence-electron chi connectivity index (χ2n) is 5.44. The van der Waals surface area contributed by atoms with Crippen LogP contribution in [0, 0.1) is 0 Å². The van der Waals surface area contributed by atoms with Gasteiger partial charge in [0.05, 0.1) is 6.42 Å². The lowest BCUT2D eigenvalue weighted by atomic mass is 10.1. The van der Waals surface area contributed by atoms with Crippen molar-refractivity contribution in [3.63, 3.8) is 0 Å². The van der Waals surface area contributed by atoms with Crippen LogP contribution in [0.4, 0.5) is 0 Å². The van der Waals surface area contributed by atoms with Crippen molar-refractivity contribution in [3.05, 3.63) is 63.0 Å². The summed E-state index contributed by atoms with van der Waals surface area (Å²) in [5, 5.41) is 4.59. The summed E-state index contributed by atoms with van der Waals surface area (Å²) >= 11 is 5.79. The minimum Gasteiger partial charge on any atom is -0.273 e. The van der Waals surface area contributed by atoms with Crippen molar-refractivity contribution in [3.8, 4) is 0 Å². The van der Waals surface area contributed by atoms with Crippen LogP contribution < -0.4 is 16.4 Å². The lowest BCUT2D eigenvalue weighted by molar-refractivity contribution is -0.121. The number of hydrazine groups is 1. The molecular formula is C17H19ClN4O3. The predicted octanol–water partition coefficient (Wildman–Crippen LogP) is 1.70. The van der Waals surface area contributed by atoms with Gasteiger partial charge in [-0.15, -0.1) is 0 Å². The van der Waals surface area contributed by atoms with Gasteiger partial charge in [0.1, 0.15) is 0 Å². The number of amides is 2. The average molecular weight is 363 g/mol. The van der Waals surface area contributed by atoms with E-state index in [1.165, 1.54) is 16.8 Å². The van der Waals surface area contributed by atoms with Gasteiger partial charge in [0.2, 0.25) is 5.91 Å². The first-order chi connectivity index (χ1) is 12.0. The number of carbonyl (C=O) groups is 2. The summed E-state index contributed by atoms with van der Waals surface area (Å²) in [6.45, 7) is 2.44. The molecule has 2 aromatic rings. The molecule has 1 aromatic heterocycles. The zero-order chi connectivity index (χ0) is 18.2. The minimum absolute atomic E-state index is 0.0579. The highest BCUT2D eigenvalue weighted by Gasteiger charge is 2.11. The molecule has 0 spiro atoms. The molecule has 0 atom stereocenters. The van der Waals surface area contributed by atoms with Crippen LogP contribution in [0.2, 0.25) is 5.02 Å². The first-order valence-corrected chi connectivity index (χ1v) is 8.29. The maximum absolute atomic E-state index is 12.1. The number of hydrogen-bond acceptors (Lipinski definition) is 4. The van der Waals surface area contributed by atoms with E-state index in [1.54, 1.807) is 24.3 Å². The number of nitrogens with zero attached hydrogens (tertiary/aromatic N) is 2. The second-order valence-corrected chi connectivity index (χ2v) is 5.88. The van der Waals surface area contributed by atoms with Gasteiger partial charge >= 0.3 is 0 Å². The monoisotopic (exact) mass is 362 g/mol. The third-order valence-corrected chi connectivity index (χ3v) is 3.67. The van der Waals surface area contributed by atoms with Crippen molar-refractivity contribution in [2.75, 3.05) is 0 Å². The van der Waals surface area contributed by atoms with Gasteiger partial charge in [-0.1, -0.05) is 37.1 Å². The van der Waals surface area contributed by atoms with Crippen molar-refractivity contribution in [1.82, 2.24) is 20.6 Å². The highest BCUT2D eigenvalue weighted by atomic mass is 35.5. The number of nitrogens with one attached hydrogen (secondary N) is 2. The molecule has 8 heteroatoms. The Kier molecular flexibility index (Phi) is 6.71. The lowest BCUT2D eigenvalue weighted by Gasteiger charge is -2.09. The van der Waals surface area contributed by atoms with Gasteiger partial charge in [-0.05, 0) is 30.2 Å². The Labute approximate surface area is 150 Å². The largest absolute Gasteiger partial charge is 0.290 e. The highest BCUT2D eigenvalue weighted by molar-refractivity contribution is 6.30. The van der Waals surface area contributed by atoms with Crippen LogP contribution in [0.15, 0.2) is 41.2 Å². The molecule has 0 saturated heterocycles. The summed E-state index contributed by atoms with van der Waals surface area (Å²) in [6.07, 6.45) is 1.79. The molecule has 2 N–H and O–H groups in total. The van der Waals surface area contributed by atoms with Crippen molar-refractivity contribution < 1.29 is 9.59 Å². The maximum Gasteiger partial charge on any atom is 0.290 e. The number of rotatable bonds is 6. The first-order valence-electron chi connectivity index (χ1n) is 7.91. The van der Waals surface area contributed by atoms with Gasteiger partial charge in [0.25, 0.3) is 11.5 Å². The predicted molar refractivity (Wildman–Crippen MR) is 94.2 cm³/mol.